The third-order valence-corrected chi connectivity index (χ3v) is 3.02. The van der Waals surface area contributed by atoms with Crippen molar-refractivity contribution in [3.05, 3.63) is 64.7 Å². The van der Waals surface area contributed by atoms with Gasteiger partial charge in [0.15, 0.2) is 0 Å². The normalized spacial score (nSPS) is 10.5. The summed E-state index contributed by atoms with van der Waals surface area (Å²) in [4.78, 5) is 23.3. The molecule has 6 heteroatoms. The Morgan fingerprint density at radius 2 is 1.64 bits per heavy atom. The van der Waals surface area contributed by atoms with E-state index in [0.717, 1.165) is 11.1 Å². The zero-order valence-electron chi connectivity index (χ0n) is 11.8. The van der Waals surface area contributed by atoms with Crippen LogP contribution in [0.1, 0.15) is 11.1 Å². The summed E-state index contributed by atoms with van der Waals surface area (Å²) < 4.78 is 0. The van der Waals surface area contributed by atoms with Gasteiger partial charge in [-0.1, -0.05) is 41.4 Å². The second-order valence-electron chi connectivity index (χ2n) is 4.57. The molecular weight excluding hydrogens is 302 g/mol. The number of nitrogens with zero attached hydrogens (tertiary/aromatic N) is 1. The molecule has 0 aliphatic rings. The lowest BCUT2D eigenvalue weighted by molar-refractivity contribution is -0.136. The third-order valence-electron chi connectivity index (χ3n) is 2.77. The Hall–Kier alpha value is -2.66. The van der Waals surface area contributed by atoms with Gasteiger partial charge in [0, 0.05) is 10.7 Å². The Kier molecular flexibility index (Phi) is 5.27. The van der Waals surface area contributed by atoms with E-state index in [-0.39, 0.29) is 0 Å². The monoisotopic (exact) mass is 315 g/mol. The molecule has 0 spiro atoms. The van der Waals surface area contributed by atoms with Crippen LogP contribution < -0.4 is 10.7 Å². The average Bonchev–Trinajstić information content (AvgIpc) is 2.51. The molecule has 0 saturated heterocycles. The minimum Gasteiger partial charge on any atom is -0.318 e. The molecule has 0 saturated carbocycles. The molecule has 5 nitrogen and oxygen atoms in total. The zero-order chi connectivity index (χ0) is 15.9. The number of carbonyl (C=O) groups is 2. The summed E-state index contributed by atoms with van der Waals surface area (Å²) in [6.07, 6.45) is 1.47. The van der Waals surface area contributed by atoms with Gasteiger partial charge in [0.2, 0.25) is 0 Å². The third kappa shape index (κ3) is 4.71. The Labute approximate surface area is 133 Å². The molecule has 22 heavy (non-hydrogen) atoms. The van der Waals surface area contributed by atoms with Crippen molar-refractivity contribution in [2.75, 3.05) is 5.32 Å². The van der Waals surface area contributed by atoms with Gasteiger partial charge in [0.05, 0.1) is 6.21 Å². The van der Waals surface area contributed by atoms with Crippen LogP contribution in [0.4, 0.5) is 5.69 Å². The summed E-state index contributed by atoms with van der Waals surface area (Å²) in [5.74, 6) is -1.65. The first kappa shape index (κ1) is 15.7. The molecule has 0 unspecified atom stereocenters. The van der Waals surface area contributed by atoms with E-state index in [2.05, 4.69) is 15.8 Å². The molecule has 2 aromatic rings. The van der Waals surface area contributed by atoms with Crippen molar-refractivity contribution in [3.63, 3.8) is 0 Å². The van der Waals surface area contributed by atoms with Crippen LogP contribution in [0, 0.1) is 6.92 Å². The van der Waals surface area contributed by atoms with Crippen molar-refractivity contribution in [2.45, 2.75) is 6.92 Å². The number of hydrazone groups is 1. The van der Waals surface area contributed by atoms with Crippen LogP contribution in [0.3, 0.4) is 0 Å². The lowest BCUT2D eigenvalue weighted by atomic mass is 10.2. The lowest BCUT2D eigenvalue weighted by Gasteiger charge is -2.03. The lowest BCUT2D eigenvalue weighted by Crippen LogP contribution is -2.32. The number of nitrogens with one attached hydrogen (secondary N) is 2. The molecule has 2 N–H and O–H groups in total. The first-order valence-electron chi connectivity index (χ1n) is 6.51. The minimum atomic E-state index is -0.849. The first-order chi connectivity index (χ1) is 10.5. The maximum atomic E-state index is 11.7. The zero-order valence-corrected chi connectivity index (χ0v) is 12.6. The standard InChI is InChI=1S/C16H14ClN3O2/c1-11-2-4-12(5-3-11)10-18-20-16(22)15(21)19-14-8-6-13(17)7-9-14/h2-10H,1H3,(H,19,21)(H,20,22). The Morgan fingerprint density at radius 3 is 2.27 bits per heavy atom. The molecule has 2 rings (SSSR count). The summed E-state index contributed by atoms with van der Waals surface area (Å²) in [6.45, 7) is 1.98. The second-order valence-corrected chi connectivity index (χ2v) is 5.01. The minimum absolute atomic E-state index is 0.479. The highest BCUT2D eigenvalue weighted by Crippen LogP contribution is 2.13. The number of anilines is 1. The first-order valence-corrected chi connectivity index (χ1v) is 6.89. The van der Waals surface area contributed by atoms with Crippen molar-refractivity contribution in [3.8, 4) is 0 Å². The van der Waals surface area contributed by atoms with Gasteiger partial charge in [0.25, 0.3) is 0 Å². The number of aryl methyl sites for hydroxylation is 1. The summed E-state index contributed by atoms with van der Waals surface area (Å²) in [5, 5.41) is 6.73. The molecule has 2 amide bonds. The van der Waals surface area contributed by atoms with Crippen molar-refractivity contribution in [2.24, 2.45) is 5.10 Å². The topological polar surface area (TPSA) is 70.6 Å². The fraction of sp³-hybridized carbons (Fsp3) is 0.0625. The van der Waals surface area contributed by atoms with E-state index < -0.39 is 11.8 Å². The molecule has 0 heterocycles. The predicted molar refractivity (Wildman–Crippen MR) is 87.0 cm³/mol. The number of hydrogen-bond acceptors (Lipinski definition) is 3. The number of hydrogen-bond donors (Lipinski definition) is 2. The summed E-state index contributed by atoms with van der Waals surface area (Å²) in [7, 11) is 0. The van der Waals surface area contributed by atoms with Crippen molar-refractivity contribution in [1.82, 2.24) is 5.43 Å². The van der Waals surface area contributed by atoms with E-state index in [0.29, 0.717) is 10.7 Å². The maximum absolute atomic E-state index is 11.7. The van der Waals surface area contributed by atoms with Crippen LogP contribution in [0.5, 0.6) is 0 Å². The maximum Gasteiger partial charge on any atom is 0.329 e. The summed E-state index contributed by atoms with van der Waals surface area (Å²) in [6, 6.07) is 14.0. The van der Waals surface area contributed by atoms with E-state index in [9.17, 15) is 9.59 Å². The predicted octanol–water partition coefficient (Wildman–Crippen LogP) is 2.74. The number of halogens is 1. The van der Waals surface area contributed by atoms with Crippen LogP contribution in [0.15, 0.2) is 53.6 Å². The molecule has 0 atom stereocenters. The van der Waals surface area contributed by atoms with Gasteiger partial charge in [-0.3, -0.25) is 9.59 Å². The number of rotatable bonds is 3. The van der Waals surface area contributed by atoms with Gasteiger partial charge in [-0.05, 0) is 36.8 Å². The van der Waals surface area contributed by atoms with Gasteiger partial charge >= 0.3 is 11.8 Å². The van der Waals surface area contributed by atoms with Crippen LogP contribution in [-0.4, -0.2) is 18.0 Å². The Bertz CT molecular complexity index is 694. The van der Waals surface area contributed by atoms with Crippen LogP contribution in [-0.2, 0) is 9.59 Å². The summed E-state index contributed by atoms with van der Waals surface area (Å²) in [5.41, 5.74) is 4.60. The average molecular weight is 316 g/mol. The van der Waals surface area contributed by atoms with E-state index in [1.54, 1.807) is 24.3 Å². The largest absolute Gasteiger partial charge is 0.329 e. The molecule has 2 aromatic carbocycles. The van der Waals surface area contributed by atoms with Gasteiger partial charge in [-0.2, -0.15) is 5.10 Å². The fourth-order valence-corrected chi connectivity index (χ4v) is 1.72. The quantitative estimate of drug-likeness (QED) is 0.519. The van der Waals surface area contributed by atoms with E-state index >= 15 is 0 Å². The number of amides is 2. The second kappa shape index (κ2) is 7.38. The highest BCUT2D eigenvalue weighted by atomic mass is 35.5. The Morgan fingerprint density at radius 1 is 1.00 bits per heavy atom. The van der Waals surface area contributed by atoms with Crippen molar-refractivity contribution in [1.29, 1.82) is 0 Å². The highest BCUT2D eigenvalue weighted by Gasteiger charge is 2.12. The molecule has 0 aliphatic heterocycles. The number of carbonyl (C=O) groups excluding carboxylic acids is 2. The molecule has 0 radical (unpaired) electrons. The highest BCUT2D eigenvalue weighted by molar-refractivity contribution is 6.39. The van der Waals surface area contributed by atoms with E-state index in [4.69, 9.17) is 11.6 Å². The van der Waals surface area contributed by atoms with Crippen molar-refractivity contribution < 1.29 is 9.59 Å². The van der Waals surface area contributed by atoms with Gasteiger partial charge in [0.1, 0.15) is 0 Å². The van der Waals surface area contributed by atoms with Crippen LogP contribution >= 0.6 is 11.6 Å². The van der Waals surface area contributed by atoms with Crippen LogP contribution in [0.25, 0.3) is 0 Å². The van der Waals surface area contributed by atoms with Gasteiger partial charge in [-0.25, -0.2) is 5.43 Å². The molecule has 112 valence electrons. The van der Waals surface area contributed by atoms with E-state index in [1.165, 1.54) is 6.21 Å². The molecular formula is C16H14ClN3O2. The Balaban J connectivity index is 1.87. The van der Waals surface area contributed by atoms with Gasteiger partial charge < -0.3 is 5.32 Å². The fourth-order valence-electron chi connectivity index (χ4n) is 1.59. The SMILES string of the molecule is Cc1ccc(C=NNC(=O)C(=O)Nc2ccc(Cl)cc2)cc1. The molecule has 0 bridgehead atoms. The van der Waals surface area contributed by atoms with E-state index in [1.807, 2.05) is 31.2 Å². The molecule has 0 aromatic heterocycles. The van der Waals surface area contributed by atoms with Crippen LogP contribution in [0.2, 0.25) is 5.02 Å². The summed E-state index contributed by atoms with van der Waals surface area (Å²) >= 11 is 5.74. The number of benzene rings is 2. The smallest absolute Gasteiger partial charge is 0.318 e. The van der Waals surface area contributed by atoms with Crippen molar-refractivity contribution >= 4 is 35.3 Å². The molecule has 0 fully saturated rings. The van der Waals surface area contributed by atoms with Gasteiger partial charge in [-0.15, -0.1) is 0 Å². The molecule has 0 aliphatic carbocycles.